The lowest BCUT2D eigenvalue weighted by Crippen LogP contribution is -2.48. The van der Waals surface area contributed by atoms with E-state index in [-0.39, 0.29) is 23.7 Å². The predicted molar refractivity (Wildman–Crippen MR) is 102 cm³/mol. The van der Waals surface area contributed by atoms with E-state index in [4.69, 9.17) is 4.74 Å². The average molecular weight is 374 g/mol. The second kappa shape index (κ2) is 7.49. The number of ether oxygens (including phenoxy) is 1. The fourth-order valence-electron chi connectivity index (χ4n) is 4.25. The molecule has 1 heterocycles. The van der Waals surface area contributed by atoms with Gasteiger partial charge in [0.1, 0.15) is 5.69 Å². The van der Waals surface area contributed by atoms with Gasteiger partial charge in [-0.05, 0) is 58.9 Å². The van der Waals surface area contributed by atoms with Gasteiger partial charge in [-0.15, -0.1) is 0 Å². The Morgan fingerprint density at radius 1 is 1.19 bits per heavy atom. The zero-order valence-corrected chi connectivity index (χ0v) is 17.0. The highest BCUT2D eigenvalue weighted by Gasteiger charge is 2.43. The summed E-state index contributed by atoms with van der Waals surface area (Å²) in [6.45, 7) is 8.00. The van der Waals surface area contributed by atoms with Gasteiger partial charge in [-0.1, -0.05) is 6.42 Å². The zero-order valence-electron chi connectivity index (χ0n) is 17.0. The molecule has 6 heteroatoms. The van der Waals surface area contributed by atoms with E-state index >= 15 is 0 Å². The van der Waals surface area contributed by atoms with Gasteiger partial charge >= 0.3 is 5.97 Å². The Balaban J connectivity index is 1.95. The second-order valence-electron chi connectivity index (χ2n) is 7.81. The summed E-state index contributed by atoms with van der Waals surface area (Å²) in [5.74, 6) is -0.312. The number of rotatable bonds is 7. The van der Waals surface area contributed by atoms with Crippen molar-refractivity contribution in [2.75, 3.05) is 7.11 Å². The molecular weight excluding hydrogens is 344 g/mol. The predicted octanol–water partition coefficient (Wildman–Crippen LogP) is 3.27. The number of hydrogen-bond donors (Lipinski definition) is 0. The van der Waals surface area contributed by atoms with E-state index in [1.54, 1.807) is 6.92 Å². The fourth-order valence-corrected chi connectivity index (χ4v) is 4.25. The number of amides is 1. The Hall–Kier alpha value is -2.11. The van der Waals surface area contributed by atoms with Crippen molar-refractivity contribution in [3.8, 4) is 0 Å². The lowest BCUT2D eigenvalue weighted by molar-refractivity contribution is -0.140. The van der Waals surface area contributed by atoms with E-state index in [9.17, 15) is 14.4 Å². The second-order valence-corrected chi connectivity index (χ2v) is 7.81. The van der Waals surface area contributed by atoms with Crippen LogP contribution in [-0.2, 0) is 16.1 Å². The number of esters is 1. The molecule has 2 fully saturated rings. The minimum atomic E-state index is -0.513. The van der Waals surface area contributed by atoms with Gasteiger partial charge in [0.25, 0.3) is 0 Å². The van der Waals surface area contributed by atoms with Crippen LogP contribution in [0.2, 0.25) is 0 Å². The van der Waals surface area contributed by atoms with Crippen LogP contribution in [0, 0.1) is 19.8 Å². The molecule has 2 aliphatic carbocycles. The summed E-state index contributed by atoms with van der Waals surface area (Å²) in [6, 6.07) is -0.327. The van der Waals surface area contributed by atoms with E-state index in [1.807, 2.05) is 30.2 Å². The van der Waals surface area contributed by atoms with Crippen molar-refractivity contribution >= 4 is 17.7 Å². The van der Waals surface area contributed by atoms with E-state index in [0.717, 1.165) is 37.8 Å². The van der Waals surface area contributed by atoms with Crippen LogP contribution in [-0.4, -0.2) is 46.3 Å². The molecule has 6 nitrogen and oxygen atoms in total. The molecule has 0 aliphatic heterocycles. The van der Waals surface area contributed by atoms with Gasteiger partial charge < -0.3 is 14.2 Å². The molecule has 0 saturated heterocycles. The summed E-state index contributed by atoms with van der Waals surface area (Å²) < 4.78 is 6.75. The highest BCUT2D eigenvalue weighted by molar-refractivity contribution is 6.06. The smallest absolute Gasteiger partial charge is 0.354 e. The van der Waals surface area contributed by atoms with Crippen molar-refractivity contribution in [1.82, 2.24) is 9.47 Å². The molecular formula is C21H30N2O4. The quantitative estimate of drug-likeness (QED) is 0.543. The molecule has 1 aromatic rings. The summed E-state index contributed by atoms with van der Waals surface area (Å²) in [5.41, 5.74) is 2.39. The summed E-state index contributed by atoms with van der Waals surface area (Å²) in [7, 11) is 1.35. The first kappa shape index (κ1) is 19.6. The molecule has 1 atom stereocenters. The van der Waals surface area contributed by atoms with Gasteiger partial charge in [-0.2, -0.15) is 0 Å². The topological polar surface area (TPSA) is 68.6 Å². The van der Waals surface area contributed by atoms with Gasteiger partial charge in [-0.25, -0.2) is 4.79 Å². The third-order valence-corrected chi connectivity index (χ3v) is 6.15. The molecule has 0 aromatic carbocycles. The molecule has 0 N–H and O–H groups in total. The van der Waals surface area contributed by atoms with Crippen LogP contribution < -0.4 is 0 Å². The first-order valence-electron chi connectivity index (χ1n) is 9.97. The Kier molecular flexibility index (Phi) is 5.45. The molecule has 1 aromatic heterocycles. The summed E-state index contributed by atoms with van der Waals surface area (Å²) in [4.78, 5) is 40.4. The lowest BCUT2D eigenvalue weighted by Gasteiger charge is -2.35. The van der Waals surface area contributed by atoms with E-state index in [0.29, 0.717) is 23.4 Å². The molecule has 2 aliphatic rings. The van der Waals surface area contributed by atoms with E-state index in [2.05, 4.69) is 0 Å². The van der Waals surface area contributed by atoms with Gasteiger partial charge in [0.2, 0.25) is 5.91 Å². The maximum absolute atomic E-state index is 13.4. The van der Waals surface area contributed by atoms with E-state index in [1.165, 1.54) is 7.11 Å². The number of ketones is 1. The van der Waals surface area contributed by atoms with Crippen molar-refractivity contribution in [2.45, 2.75) is 78.4 Å². The monoisotopic (exact) mass is 374 g/mol. The van der Waals surface area contributed by atoms with Gasteiger partial charge in [0, 0.05) is 29.8 Å². The van der Waals surface area contributed by atoms with Crippen LogP contribution in [0.5, 0.6) is 0 Å². The molecule has 0 bridgehead atoms. The highest BCUT2D eigenvalue weighted by Crippen LogP contribution is 2.36. The minimum absolute atomic E-state index is 0.0777. The number of nitrogens with zero attached hydrogens (tertiary/aromatic N) is 2. The molecule has 0 radical (unpaired) electrons. The van der Waals surface area contributed by atoms with Crippen molar-refractivity contribution in [2.24, 2.45) is 5.92 Å². The van der Waals surface area contributed by atoms with Crippen LogP contribution in [0.1, 0.15) is 78.1 Å². The van der Waals surface area contributed by atoms with Gasteiger partial charge in [0.05, 0.1) is 13.2 Å². The first-order valence-corrected chi connectivity index (χ1v) is 9.97. The van der Waals surface area contributed by atoms with Gasteiger partial charge in [0.15, 0.2) is 5.78 Å². The lowest BCUT2D eigenvalue weighted by atomic mass is 9.83. The average Bonchev–Trinajstić information content (AvgIpc) is 3.37. The van der Waals surface area contributed by atoms with Crippen LogP contribution in [0.3, 0.4) is 0 Å². The SMILES string of the molecule is CCn1c(C)c(C(=O)[C@@H](C)N(C(=O)C2CCC2)C2CC2)c(C)c1C(=O)OC. The first-order chi connectivity index (χ1) is 12.8. The maximum Gasteiger partial charge on any atom is 0.354 e. The third-order valence-electron chi connectivity index (χ3n) is 6.15. The molecule has 0 unspecified atom stereocenters. The molecule has 27 heavy (non-hydrogen) atoms. The van der Waals surface area contributed by atoms with Crippen LogP contribution in [0.4, 0.5) is 0 Å². The molecule has 0 spiro atoms. The Morgan fingerprint density at radius 3 is 2.26 bits per heavy atom. The molecule has 2 saturated carbocycles. The molecule has 1 amide bonds. The van der Waals surface area contributed by atoms with Crippen LogP contribution >= 0.6 is 0 Å². The molecule has 148 valence electrons. The summed E-state index contributed by atoms with van der Waals surface area (Å²) in [6.07, 6.45) is 4.89. The largest absolute Gasteiger partial charge is 0.464 e. The molecule has 3 rings (SSSR count). The standard InChI is InChI=1S/C21H30N2O4/c1-6-22-13(3)17(12(2)18(22)21(26)27-5)19(24)14(4)23(16-10-11-16)20(25)15-8-7-9-15/h14-16H,6-11H2,1-5H3/t14-/m1/s1. The number of aromatic nitrogens is 1. The number of carbonyl (C=O) groups is 3. The van der Waals surface area contributed by atoms with E-state index < -0.39 is 12.0 Å². The van der Waals surface area contributed by atoms with Crippen molar-refractivity contribution in [3.63, 3.8) is 0 Å². The highest BCUT2D eigenvalue weighted by atomic mass is 16.5. The zero-order chi connectivity index (χ0) is 19.9. The number of methoxy groups -OCH3 is 1. The van der Waals surface area contributed by atoms with Crippen molar-refractivity contribution in [1.29, 1.82) is 0 Å². The summed E-state index contributed by atoms with van der Waals surface area (Å²) >= 11 is 0. The Bertz CT molecular complexity index is 772. The van der Waals surface area contributed by atoms with Gasteiger partial charge in [-0.3, -0.25) is 9.59 Å². The normalized spacial score (nSPS) is 18.0. The summed E-state index contributed by atoms with van der Waals surface area (Å²) in [5, 5.41) is 0. The maximum atomic E-state index is 13.4. The minimum Gasteiger partial charge on any atom is -0.464 e. The van der Waals surface area contributed by atoms with Crippen molar-refractivity contribution < 1.29 is 19.1 Å². The third kappa shape index (κ3) is 3.30. The van der Waals surface area contributed by atoms with Crippen molar-refractivity contribution in [3.05, 3.63) is 22.5 Å². The number of carbonyl (C=O) groups excluding carboxylic acids is 3. The fraction of sp³-hybridized carbons (Fsp3) is 0.667. The number of hydrogen-bond acceptors (Lipinski definition) is 4. The van der Waals surface area contributed by atoms with Crippen LogP contribution in [0.15, 0.2) is 0 Å². The number of Topliss-reactive ketones (excluding diaryl/α,β-unsaturated/α-hetero) is 1. The Labute approximate surface area is 160 Å². The Morgan fingerprint density at radius 2 is 1.81 bits per heavy atom. The van der Waals surface area contributed by atoms with Crippen LogP contribution in [0.25, 0.3) is 0 Å².